The van der Waals surface area contributed by atoms with Gasteiger partial charge in [0.25, 0.3) is 0 Å². The summed E-state index contributed by atoms with van der Waals surface area (Å²) in [6.07, 6.45) is 4.53. The zero-order valence-corrected chi connectivity index (χ0v) is 16.2. The van der Waals surface area contributed by atoms with Crippen molar-refractivity contribution in [1.29, 1.82) is 0 Å². The maximum absolute atomic E-state index is 13.1. The number of carbonyl (C=O) groups excluding carboxylic acids is 1. The van der Waals surface area contributed by atoms with Crippen molar-refractivity contribution in [3.63, 3.8) is 0 Å². The van der Waals surface area contributed by atoms with Crippen molar-refractivity contribution in [2.45, 2.75) is 32.7 Å². The summed E-state index contributed by atoms with van der Waals surface area (Å²) < 4.78 is 1.90. The van der Waals surface area contributed by atoms with Gasteiger partial charge in [-0.1, -0.05) is 24.3 Å². The van der Waals surface area contributed by atoms with Crippen LogP contribution in [0, 0.1) is 12.8 Å². The third-order valence-electron chi connectivity index (χ3n) is 6.08. The van der Waals surface area contributed by atoms with Crippen LogP contribution in [0.25, 0.3) is 5.65 Å². The second-order valence-corrected chi connectivity index (χ2v) is 7.90. The van der Waals surface area contributed by atoms with E-state index in [9.17, 15) is 4.79 Å². The van der Waals surface area contributed by atoms with Gasteiger partial charge in [0.15, 0.2) is 5.65 Å². The second-order valence-electron chi connectivity index (χ2n) is 7.90. The summed E-state index contributed by atoms with van der Waals surface area (Å²) in [5.41, 5.74) is 4.55. The van der Waals surface area contributed by atoms with Gasteiger partial charge in [0.05, 0.1) is 6.20 Å². The molecule has 2 aliphatic heterocycles. The Kier molecular flexibility index (Phi) is 4.26. The van der Waals surface area contributed by atoms with Crippen molar-refractivity contribution in [3.05, 3.63) is 59.4 Å². The van der Waals surface area contributed by atoms with Crippen LogP contribution < -0.4 is 4.90 Å². The molecule has 0 radical (unpaired) electrons. The van der Waals surface area contributed by atoms with E-state index in [2.05, 4.69) is 50.2 Å². The highest BCUT2D eigenvalue weighted by atomic mass is 16.2. The summed E-state index contributed by atoms with van der Waals surface area (Å²) in [6, 6.07) is 12.5. The highest BCUT2D eigenvalue weighted by Gasteiger charge is 2.31. The Labute approximate surface area is 164 Å². The van der Waals surface area contributed by atoms with Crippen molar-refractivity contribution in [2.75, 3.05) is 24.5 Å². The smallest absolute Gasteiger partial charge is 0.226 e. The quantitative estimate of drug-likeness (QED) is 0.691. The fourth-order valence-corrected chi connectivity index (χ4v) is 4.54. The molecule has 5 rings (SSSR count). The number of aryl methyl sites for hydroxylation is 1. The van der Waals surface area contributed by atoms with Gasteiger partial charge >= 0.3 is 0 Å². The predicted molar refractivity (Wildman–Crippen MR) is 108 cm³/mol. The standard InChI is InChI=1S/C22H25N5O/c1-16-14-21(27-20(24-16)6-10-23-27)25-11-8-18(9-12-25)22(28)26-13-7-17-4-2-3-5-19(17)15-26/h2-6,10,14,18H,7-9,11-13,15H2,1H3. The Hall–Kier alpha value is -2.89. The number of aromatic nitrogens is 3. The van der Waals surface area contributed by atoms with E-state index in [0.717, 1.165) is 62.6 Å². The molecule has 1 aromatic carbocycles. The number of piperidine rings is 1. The van der Waals surface area contributed by atoms with E-state index in [1.807, 2.05) is 17.5 Å². The molecular formula is C22H25N5O. The highest BCUT2D eigenvalue weighted by Crippen LogP contribution is 2.27. The SMILES string of the molecule is Cc1cc(N2CCC(C(=O)N3CCc4ccccc4C3)CC2)n2nccc2n1. The molecule has 28 heavy (non-hydrogen) atoms. The molecule has 0 bridgehead atoms. The molecule has 1 amide bonds. The van der Waals surface area contributed by atoms with E-state index in [-0.39, 0.29) is 5.92 Å². The molecule has 6 nitrogen and oxygen atoms in total. The predicted octanol–water partition coefficient (Wildman–Crippen LogP) is 2.84. The third kappa shape index (κ3) is 3.03. The number of rotatable bonds is 2. The van der Waals surface area contributed by atoms with Crippen LogP contribution in [-0.4, -0.2) is 45.0 Å². The summed E-state index contributed by atoms with van der Waals surface area (Å²) in [6.45, 7) is 5.36. The summed E-state index contributed by atoms with van der Waals surface area (Å²) in [5.74, 6) is 1.52. The van der Waals surface area contributed by atoms with Crippen molar-refractivity contribution < 1.29 is 4.79 Å². The zero-order valence-electron chi connectivity index (χ0n) is 16.2. The lowest BCUT2D eigenvalue weighted by Crippen LogP contribution is -2.44. The fraction of sp³-hybridized carbons (Fsp3) is 0.409. The molecule has 144 valence electrons. The number of nitrogens with zero attached hydrogens (tertiary/aromatic N) is 5. The lowest BCUT2D eigenvalue weighted by molar-refractivity contribution is -0.137. The maximum Gasteiger partial charge on any atom is 0.226 e. The number of carbonyl (C=O) groups is 1. The molecule has 0 aliphatic carbocycles. The lowest BCUT2D eigenvalue weighted by atomic mass is 9.93. The van der Waals surface area contributed by atoms with Gasteiger partial charge < -0.3 is 9.80 Å². The first kappa shape index (κ1) is 17.2. The van der Waals surface area contributed by atoms with Crippen LogP contribution in [-0.2, 0) is 17.8 Å². The largest absolute Gasteiger partial charge is 0.356 e. The van der Waals surface area contributed by atoms with Gasteiger partial charge in [-0.15, -0.1) is 0 Å². The molecule has 1 saturated heterocycles. The van der Waals surface area contributed by atoms with Crippen molar-refractivity contribution in [2.24, 2.45) is 5.92 Å². The normalized spacial score (nSPS) is 17.8. The van der Waals surface area contributed by atoms with Gasteiger partial charge in [0, 0.05) is 49.9 Å². The number of benzene rings is 1. The van der Waals surface area contributed by atoms with Crippen LogP contribution in [0.1, 0.15) is 29.7 Å². The molecule has 2 aromatic heterocycles. The topological polar surface area (TPSA) is 53.7 Å². The molecule has 2 aliphatic rings. The minimum absolute atomic E-state index is 0.123. The first-order valence-electron chi connectivity index (χ1n) is 10.1. The van der Waals surface area contributed by atoms with Crippen LogP contribution in [0.2, 0.25) is 0 Å². The summed E-state index contributed by atoms with van der Waals surface area (Å²) >= 11 is 0. The summed E-state index contributed by atoms with van der Waals surface area (Å²) in [7, 11) is 0. The number of amides is 1. The number of fused-ring (bicyclic) bond motifs is 2. The molecule has 6 heteroatoms. The molecule has 3 aromatic rings. The van der Waals surface area contributed by atoms with Crippen LogP contribution in [0.3, 0.4) is 0 Å². The van der Waals surface area contributed by atoms with Gasteiger partial charge in [-0.3, -0.25) is 4.79 Å². The number of hydrogen-bond acceptors (Lipinski definition) is 4. The molecular weight excluding hydrogens is 350 g/mol. The maximum atomic E-state index is 13.1. The Balaban J connectivity index is 1.27. The average molecular weight is 375 g/mol. The minimum Gasteiger partial charge on any atom is -0.356 e. The van der Waals surface area contributed by atoms with E-state index < -0.39 is 0 Å². The van der Waals surface area contributed by atoms with Crippen molar-refractivity contribution >= 4 is 17.4 Å². The van der Waals surface area contributed by atoms with E-state index in [4.69, 9.17) is 0 Å². The number of anilines is 1. The molecule has 1 fully saturated rings. The van der Waals surface area contributed by atoms with Crippen molar-refractivity contribution in [1.82, 2.24) is 19.5 Å². The lowest BCUT2D eigenvalue weighted by Gasteiger charge is -2.37. The van der Waals surface area contributed by atoms with Crippen molar-refractivity contribution in [3.8, 4) is 0 Å². The molecule has 0 unspecified atom stereocenters. The first-order chi connectivity index (χ1) is 13.7. The average Bonchev–Trinajstić information content (AvgIpc) is 3.21. The van der Waals surface area contributed by atoms with Crippen LogP contribution >= 0.6 is 0 Å². The highest BCUT2D eigenvalue weighted by molar-refractivity contribution is 5.79. The third-order valence-corrected chi connectivity index (χ3v) is 6.08. The van der Waals surface area contributed by atoms with E-state index >= 15 is 0 Å². The van der Waals surface area contributed by atoms with Crippen LogP contribution in [0.4, 0.5) is 5.82 Å². The van der Waals surface area contributed by atoms with E-state index in [1.165, 1.54) is 11.1 Å². The van der Waals surface area contributed by atoms with Gasteiger partial charge in [-0.2, -0.15) is 9.61 Å². The van der Waals surface area contributed by atoms with Crippen LogP contribution in [0.15, 0.2) is 42.6 Å². The molecule has 0 N–H and O–H groups in total. The zero-order chi connectivity index (χ0) is 19.1. The van der Waals surface area contributed by atoms with Gasteiger partial charge in [0.2, 0.25) is 5.91 Å². The van der Waals surface area contributed by atoms with Gasteiger partial charge in [-0.25, -0.2) is 4.98 Å². The molecule has 0 saturated carbocycles. The molecule has 0 atom stereocenters. The molecule has 0 spiro atoms. The van der Waals surface area contributed by atoms with E-state index in [0.29, 0.717) is 5.91 Å². The summed E-state index contributed by atoms with van der Waals surface area (Å²) in [4.78, 5) is 22.0. The Morgan fingerprint density at radius 1 is 1.07 bits per heavy atom. The summed E-state index contributed by atoms with van der Waals surface area (Å²) in [5, 5.41) is 4.42. The van der Waals surface area contributed by atoms with E-state index in [1.54, 1.807) is 6.20 Å². The van der Waals surface area contributed by atoms with Crippen LogP contribution in [0.5, 0.6) is 0 Å². The number of hydrogen-bond donors (Lipinski definition) is 0. The first-order valence-corrected chi connectivity index (χ1v) is 10.1. The Morgan fingerprint density at radius 3 is 2.68 bits per heavy atom. The second kappa shape index (κ2) is 6.93. The fourth-order valence-electron chi connectivity index (χ4n) is 4.54. The van der Waals surface area contributed by atoms with Gasteiger partial charge in [-0.05, 0) is 37.3 Å². The Bertz CT molecular complexity index is 1020. The minimum atomic E-state index is 0.123. The van der Waals surface area contributed by atoms with Gasteiger partial charge in [0.1, 0.15) is 5.82 Å². The monoisotopic (exact) mass is 375 g/mol. The molecule has 4 heterocycles. The Morgan fingerprint density at radius 2 is 1.86 bits per heavy atom.